The van der Waals surface area contributed by atoms with Crippen LogP contribution in [0.3, 0.4) is 0 Å². The highest BCUT2D eigenvalue weighted by molar-refractivity contribution is 6.00. The van der Waals surface area contributed by atoms with Crippen molar-refractivity contribution in [3.8, 4) is 0 Å². The van der Waals surface area contributed by atoms with Crippen LogP contribution in [0.2, 0.25) is 0 Å². The largest absolute Gasteiger partial charge is 0.468 e. The third kappa shape index (κ3) is 1.85. The first-order valence-corrected chi connectivity index (χ1v) is 5.14. The van der Waals surface area contributed by atoms with Crippen molar-refractivity contribution >= 4 is 11.9 Å². The predicted octanol–water partition coefficient (Wildman–Crippen LogP) is 1.38. The topological polar surface area (TPSA) is 52.6 Å². The second kappa shape index (κ2) is 4.21. The maximum atomic E-state index is 11.7. The Morgan fingerprint density at radius 3 is 1.60 bits per heavy atom. The first kappa shape index (κ1) is 12.0. The average molecular weight is 214 g/mol. The summed E-state index contributed by atoms with van der Waals surface area (Å²) >= 11 is 0. The zero-order valence-corrected chi connectivity index (χ0v) is 9.70. The number of carbonyl (C=O) groups is 2. The fraction of sp³-hybridized carbons (Fsp3) is 0.818. The molecular formula is C11H18O4. The Morgan fingerprint density at radius 1 is 1.00 bits per heavy atom. The summed E-state index contributed by atoms with van der Waals surface area (Å²) in [5, 5.41) is 0. The third-order valence-electron chi connectivity index (χ3n) is 3.46. The molecule has 0 aromatic heterocycles. The zero-order chi connectivity index (χ0) is 11.6. The van der Waals surface area contributed by atoms with Gasteiger partial charge >= 0.3 is 11.9 Å². The van der Waals surface area contributed by atoms with Crippen LogP contribution >= 0.6 is 0 Å². The van der Waals surface area contributed by atoms with Crippen molar-refractivity contribution in [2.24, 2.45) is 17.3 Å². The van der Waals surface area contributed by atoms with Crippen LogP contribution in [0.1, 0.15) is 26.7 Å². The molecule has 2 atom stereocenters. The Kier molecular flexibility index (Phi) is 3.37. The molecule has 1 fully saturated rings. The summed E-state index contributed by atoms with van der Waals surface area (Å²) in [6.07, 6.45) is 1.04. The third-order valence-corrected chi connectivity index (χ3v) is 3.46. The van der Waals surface area contributed by atoms with Gasteiger partial charge in [0.15, 0.2) is 5.41 Å². The van der Waals surface area contributed by atoms with Crippen molar-refractivity contribution in [2.45, 2.75) is 26.7 Å². The maximum Gasteiger partial charge on any atom is 0.323 e. The van der Waals surface area contributed by atoms with Crippen molar-refractivity contribution in [1.82, 2.24) is 0 Å². The summed E-state index contributed by atoms with van der Waals surface area (Å²) in [6.45, 7) is 4.08. The van der Waals surface area contributed by atoms with Gasteiger partial charge in [0.25, 0.3) is 0 Å². The summed E-state index contributed by atoms with van der Waals surface area (Å²) in [5.74, 6) is -0.262. The summed E-state index contributed by atoms with van der Waals surface area (Å²) in [4.78, 5) is 23.4. The van der Waals surface area contributed by atoms with Gasteiger partial charge in [-0.15, -0.1) is 0 Å². The smallest absolute Gasteiger partial charge is 0.323 e. The lowest BCUT2D eigenvalue weighted by atomic mass is 9.85. The highest BCUT2D eigenvalue weighted by Crippen LogP contribution is 2.46. The minimum atomic E-state index is -1.07. The molecular weight excluding hydrogens is 196 g/mol. The quantitative estimate of drug-likeness (QED) is 0.515. The Labute approximate surface area is 89.9 Å². The number of ether oxygens (including phenoxy) is 2. The van der Waals surface area contributed by atoms with Gasteiger partial charge in [0.05, 0.1) is 14.2 Å². The molecule has 0 saturated heterocycles. The van der Waals surface area contributed by atoms with Crippen LogP contribution in [0, 0.1) is 17.3 Å². The Bertz CT molecular complexity index is 244. The normalized spacial score (nSPS) is 28.5. The molecule has 0 bridgehead atoms. The minimum absolute atomic E-state index is 0.336. The lowest BCUT2D eigenvalue weighted by Crippen LogP contribution is -2.39. The number of rotatable bonds is 2. The van der Waals surface area contributed by atoms with Crippen molar-refractivity contribution < 1.29 is 19.1 Å². The fourth-order valence-corrected chi connectivity index (χ4v) is 2.39. The molecule has 0 unspecified atom stereocenters. The van der Waals surface area contributed by atoms with Gasteiger partial charge in [-0.1, -0.05) is 13.8 Å². The molecule has 0 aromatic rings. The first-order valence-electron chi connectivity index (χ1n) is 5.14. The molecule has 1 aliphatic rings. The van der Waals surface area contributed by atoms with Gasteiger partial charge in [-0.05, 0) is 24.7 Å². The lowest BCUT2D eigenvalue weighted by molar-refractivity contribution is -0.169. The van der Waals surface area contributed by atoms with Crippen molar-refractivity contribution in [1.29, 1.82) is 0 Å². The molecule has 4 heteroatoms. The zero-order valence-electron chi connectivity index (χ0n) is 9.70. The van der Waals surface area contributed by atoms with Crippen LogP contribution in [-0.4, -0.2) is 26.2 Å². The molecule has 0 aliphatic heterocycles. The van der Waals surface area contributed by atoms with Crippen molar-refractivity contribution in [3.63, 3.8) is 0 Å². The molecule has 0 amide bonds. The molecule has 0 heterocycles. The molecule has 86 valence electrons. The minimum Gasteiger partial charge on any atom is -0.468 e. The maximum absolute atomic E-state index is 11.7. The van der Waals surface area contributed by atoms with Crippen LogP contribution in [0.4, 0.5) is 0 Å². The number of esters is 2. The Morgan fingerprint density at radius 2 is 1.33 bits per heavy atom. The summed E-state index contributed by atoms with van der Waals surface area (Å²) in [6, 6.07) is 0. The van der Waals surface area contributed by atoms with Crippen LogP contribution in [0.5, 0.6) is 0 Å². The number of methoxy groups -OCH3 is 2. The molecule has 0 spiro atoms. The molecule has 0 radical (unpaired) electrons. The van der Waals surface area contributed by atoms with Gasteiger partial charge in [-0.2, -0.15) is 0 Å². The SMILES string of the molecule is COC(=O)C1(C(=O)OC)C[C@@H](C)[C@H](C)C1. The molecule has 0 aromatic carbocycles. The number of hydrogen-bond donors (Lipinski definition) is 0. The Balaban J connectivity index is 2.99. The van der Waals surface area contributed by atoms with E-state index in [1.165, 1.54) is 14.2 Å². The van der Waals surface area contributed by atoms with E-state index in [4.69, 9.17) is 9.47 Å². The molecule has 1 aliphatic carbocycles. The van der Waals surface area contributed by atoms with Gasteiger partial charge in [-0.25, -0.2) is 0 Å². The van der Waals surface area contributed by atoms with E-state index in [1.807, 2.05) is 13.8 Å². The molecule has 4 nitrogen and oxygen atoms in total. The van der Waals surface area contributed by atoms with E-state index in [0.29, 0.717) is 24.7 Å². The molecule has 0 N–H and O–H groups in total. The summed E-state index contributed by atoms with van der Waals surface area (Å²) < 4.78 is 9.43. The second-order valence-corrected chi connectivity index (χ2v) is 4.43. The average Bonchev–Trinajstić information content (AvgIpc) is 2.54. The monoisotopic (exact) mass is 214 g/mol. The van der Waals surface area contributed by atoms with Crippen LogP contribution in [-0.2, 0) is 19.1 Å². The van der Waals surface area contributed by atoms with E-state index in [9.17, 15) is 9.59 Å². The van der Waals surface area contributed by atoms with E-state index < -0.39 is 17.4 Å². The fourth-order valence-electron chi connectivity index (χ4n) is 2.39. The van der Waals surface area contributed by atoms with Gasteiger partial charge in [0.1, 0.15) is 0 Å². The molecule has 15 heavy (non-hydrogen) atoms. The van der Waals surface area contributed by atoms with Crippen molar-refractivity contribution in [3.05, 3.63) is 0 Å². The number of carbonyl (C=O) groups excluding carboxylic acids is 2. The first-order chi connectivity index (χ1) is 6.97. The number of hydrogen-bond acceptors (Lipinski definition) is 4. The van der Waals surface area contributed by atoms with Gasteiger partial charge in [0, 0.05) is 0 Å². The van der Waals surface area contributed by atoms with E-state index in [1.54, 1.807) is 0 Å². The molecule has 1 rings (SSSR count). The lowest BCUT2D eigenvalue weighted by Gasteiger charge is -2.22. The van der Waals surface area contributed by atoms with Gasteiger partial charge in [-0.3, -0.25) is 9.59 Å². The van der Waals surface area contributed by atoms with Gasteiger partial charge < -0.3 is 9.47 Å². The van der Waals surface area contributed by atoms with Crippen LogP contribution in [0.15, 0.2) is 0 Å². The summed E-state index contributed by atoms with van der Waals surface area (Å²) in [7, 11) is 2.61. The predicted molar refractivity (Wildman–Crippen MR) is 54.0 cm³/mol. The van der Waals surface area contributed by atoms with Gasteiger partial charge in [0.2, 0.25) is 0 Å². The molecule has 1 saturated carbocycles. The van der Waals surface area contributed by atoms with Crippen LogP contribution < -0.4 is 0 Å². The van der Waals surface area contributed by atoms with E-state index in [-0.39, 0.29) is 0 Å². The van der Waals surface area contributed by atoms with E-state index >= 15 is 0 Å². The van der Waals surface area contributed by atoms with E-state index in [0.717, 1.165) is 0 Å². The van der Waals surface area contributed by atoms with E-state index in [2.05, 4.69) is 0 Å². The second-order valence-electron chi connectivity index (χ2n) is 4.43. The summed E-state index contributed by atoms with van der Waals surface area (Å²) in [5.41, 5.74) is -1.07. The standard InChI is InChI=1S/C11H18O4/c1-7-5-11(6-8(7)2,9(12)14-3)10(13)15-4/h7-8H,5-6H2,1-4H3/t7-,8-/m1/s1. The Hall–Kier alpha value is -1.06. The highest BCUT2D eigenvalue weighted by atomic mass is 16.5. The van der Waals surface area contributed by atoms with Crippen LogP contribution in [0.25, 0.3) is 0 Å². The van der Waals surface area contributed by atoms with Crippen molar-refractivity contribution in [2.75, 3.05) is 14.2 Å². The highest BCUT2D eigenvalue weighted by Gasteiger charge is 2.54.